The van der Waals surface area contributed by atoms with E-state index in [1.807, 2.05) is 6.92 Å². The van der Waals surface area contributed by atoms with Crippen LogP contribution in [0.15, 0.2) is 53.6 Å². The van der Waals surface area contributed by atoms with Crippen LogP contribution >= 0.6 is 0 Å². The number of pyridine rings is 1. The Bertz CT molecular complexity index is 653. The Kier molecular flexibility index (Phi) is 4.49. The highest BCUT2D eigenvalue weighted by atomic mass is 32.2. The lowest BCUT2D eigenvalue weighted by Gasteiger charge is -2.11. The third-order valence-electron chi connectivity index (χ3n) is 2.72. The van der Waals surface area contributed by atoms with E-state index in [-0.39, 0.29) is 11.5 Å². The monoisotopic (exact) mass is 293 g/mol. The number of aliphatic hydroxyl groups excluding tert-OH is 1. The smallest absolute Gasteiger partial charge is 0.297 e. The van der Waals surface area contributed by atoms with Crippen molar-refractivity contribution in [3.05, 3.63) is 59.9 Å². The first-order chi connectivity index (χ1) is 9.49. The van der Waals surface area contributed by atoms with Crippen molar-refractivity contribution in [3.63, 3.8) is 0 Å². The van der Waals surface area contributed by atoms with Gasteiger partial charge in [-0.15, -0.1) is 0 Å². The van der Waals surface area contributed by atoms with Gasteiger partial charge in [-0.3, -0.25) is 9.17 Å². The maximum Gasteiger partial charge on any atom is 0.297 e. The average Bonchev–Trinajstić information content (AvgIpc) is 2.46. The standard InChI is InChI=1S/C14H15NO4S/c1-11-5-7-12(8-6-11)20(17,18)19-10-14(16)13-4-2-3-9-15-13/h2-9,14,16H,10H2,1H3/t14-/m1/s1. The molecule has 1 aromatic heterocycles. The van der Waals surface area contributed by atoms with Crippen LogP contribution in [0, 0.1) is 6.92 Å². The molecule has 106 valence electrons. The maximum absolute atomic E-state index is 11.9. The van der Waals surface area contributed by atoms with Gasteiger partial charge in [0, 0.05) is 6.20 Å². The highest BCUT2D eigenvalue weighted by Crippen LogP contribution is 2.16. The van der Waals surface area contributed by atoms with Crippen molar-refractivity contribution in [2.75, 3.05) is 6.61 Å². The third kappa shape index (κ3) is 3.63. The van der Waals surface area contributed by atoms with Crippen molar-refractivity contribution in [1.29, 1.82) is 0 Å². The molecule has 2 rings (SSSR count). The molecule has 0 amide bonds. The fourth-order valence-electron chi connectivity index (χ4n) is 1.59. The van der Waals surface area contributed by atoms with Crippen LogP contribution in [0.2, 0.25) is 0 Å². The molecule has 0 unspecified atom stereocenters. The largest absolute Gasteiger partial charge is 0.384 e. The van der Waals surface area contributed by atoms with Gasteiger partial charge in [0.25, 0.3) is 10.1 Å². The molecule has 0 saturated carbocycles. The van der Waals surface area contributed by atoms with Gasteiger partial charge < -0.3 is 5.11 Å². The van der Waals surface area contributed by atoms with Crippen molar-refractivity contribution < 1.29 is 17.7 Å². The first-order valence-corrected chi connectivity index (χ1v) is 7.45. The van der Waals surface area contributed by atoms with Crippen LogP contribution in [-0.2, 0) is 14.3 Å². The summed E-state index contributed by atoms with van der Waals surface area (Å²) in [5, 5.41) is 9.82. The Morgan fingerprint density at radius 3 is 2.50 bits per heavy atom. The number of aliphatic hydroxyl groups is 1. The van der Waals surface area contributed by atoms with E-state index in [0.717, 1.165) is 5.56 Å². The van der Waals surface area contributed by atoms with Crippen molar-refractivity contribution in [3.8, 4) is 0 Å². The Hall–Kier alpha value is -1.76. The molecule has 0 aliphatic heterocycles. The van der Waals surface area contributed by atoms with Crippen molar-refractivity contribution in [2.24, 2.45) is 0 Å². The zero-order chi connectivity index (χ0) is 14.6. The number of aromatic nitrogens is 1. The van der Waals surface area contributed by atoms with Crippen LogP contribution in [0.4, 0.5) is 0 Å². The van der Waals surface area contributed by atoms with E-state index in [0.29, 0.717) is 5.69 Å². The van der Waals surface area contributed by atoms with Crippen LogP contribution in [0.5, 0.6) is 0 Å². The van der Waals surface area contributed by atoms with Crippen LogP contribution in [0.25, 0.3) is 0 Å². The molecular formula is C14H15NO4S. The van der Waals surface area contributed by atoms with E-state index >= 15 is 0 Å². The van der Waals surface area contributed by atoms with Crippen LogP contribution in [0.3, 0.4) is 0 Å². The number of nitrogens with zero attached hydrogens (tertiary/aromatic N) is 1. The van der Waals surface area contributed by atoms with Crippen LogP contribution in [-0.4, -0.2) is 25.1 Å². The summed E-state index contributed by atoms with van der Waals surface area (Å²) in [5.74, 6) is 0. The highest BCUT2D eigenvalue weighted by molar-refractivity contribution is 7.86. The quantitative estimate of drug-likeness (QED) is 0.851. The minimum absolute atomic E-state index is 0.0660. The van der Waals surface area contributed by atoms with Crippen LogP contribution in [0.1, 0.15) is 17.4 Å². The lowest BCUT2D eigenvalue weighted by molar-refractivity contribution is 0.108. The maximum atomic E-state index is 11.9. The van der Waals surface area contributed by atoms with E-state index in [1.54, 1.807) is 30.3 Å². The number of hydrogen-bond acceptors (Lipinski definition) is 5. The fourth-order valence-corrected chi connectivity index (χ4v) is 2.50. The molecule has 0 saturated heterocycles. The van der Waals surface area contributed by atoms with E-state index in [1.165, 1.54) is 18.3 Å². The molecule has 2 aromatic rings. The molecule has 6 heteroatoms. The van der Waals surface area contributed by atoms with E-state index in [9.17, 15) is 13.5 Å². The second kappa shape index (κ2) is 6.13. The molecule has 0 aliphatic rings. The second-order valence-corrected chi connectivity index (χ2v) is 5.94. The predicted molar refractivity (Wildman–Crippen MR) is 73.5 cm³/mol. The summed E-state index contributed by atoms with van der Waals surface area (Å²) in [6.07, 6.45) is 0.434. The second-order valence-electron chi connectivity index (χ2n) is 4.32. The molecular weight excluding hydrogens is 278 g/mol. The van der Waals surface area contributed by atoms with Gasteiger partial charge in [0.1, 0.15) is 6.10 Å². The number of aryl methyl sites for hydroxylation is 1. The summed E-state index contributed by atoms with van der Waals surface area (Å²) in [4.78, 5) is 4.00. The summed E-state index contributed by atoms with van der Waals surface area (Å²) < 4.78 is 28.7. The van der Waals surface area contributed by atoms with Gasteiger partial charge in [0.05, 0.1) is 17.2 Å². The number of benzene rings is 1. The van der Waals surface area contributed by atoms with Crippen molar-refractivity contribution in [2.45, 2.75) is 17.9 Å². The predicted octanol–water partition coefficient (Wildman–Crippen LogP) is 1.83. The van der Waals surface area contributed by atoms with Gasteiger partial charge in [-0.25, -0.2) is 0 Å². The Morgan fingerprint density at radius 2 is 1.90 bits per heavy atom. The molecule has 5 nitrogen and oxygen atoms in total. The molecule has 0 spiro atoms. The zero-order valence-corrected chi connectivity index (χ0v) is 11.7. The molecule has 1 atom stereocenters. The summed E-state index contributed by atoms with van der Waals surface area (Å²) >= 11 is 0. The molecule has 1 N–H and O–H groups in total. The SMILES string of the molecule is Cc1ccc(S(=O)(=O)OC[C@@H](O)c2ccccn2)cc1. The first kappa shape index (κ1) is 14.6. The number of hydrogen-bond donors (Lipinski definition) is 1. The van der Waals surface area contributed by atoms with Crippen molar-refractivity contribution >= 4 is 10.1 Å². The lowest BCUT2D eigenvalue weighted by Crippen LogP contribution is -2.14. The van der Waals surface area contributed by atoms with Crippen molar-refractivity contribution in [1.82, 2.24) is 4.98 Å². The average molecular weight is 293 g/mol. The fraction of sp³-hybridized carbons (Fsp3) is 0.214. The third-order valence-corrected chi connectivity index (χ3v) is 4.02. The van der Waals surface area contributed by atoms with Gasteiger partial charge in [-0.2, -0.15) is 8.42 Å². The summed E-state index contributed by atoms with van der Waals surface area (Å²) in [6, 6.07) is 11.3. The van der Waals surface area contributed by atoms with Gasteiger partial charge in [-0.05, 0) is 31.2 Å². The van der Waals surface area contributed by atoms with E-state index in [4.69, 9.17) is 4.18 Å². The van der Waals surface area contributed by atoms with Gasteiger partial charge >= 0.3 is 0 Å². The van der Waals surface area contributed by atoms with Gasteiger partial charge in [-0.1, -0.05) is 23.8 Å². The normalized spacial score (nSPS) is 13.1. The Labute approximate surface area is 118 Å². The molecule has 1 heterocycles. The van der Waals surface area contributed by atoms with E-state index < -0.39 is 16.2 Å². The van der Waals surface area contributed by atoms with Gasteiger partial charge in [0.15, 0.2) is 0 Å². The molecule has 20 heavy (non-hydrogen) atoms. The molecule has 0 fully saturated rings. The topological polar surface area (TPSA) is 76.5 Å². The molecule has 0 aliphatic carbocycles. The summed E-state index contributed by atoms with van der Waals surface area (Å²) in [5.41, 5.74) is 1.32. The summed E-state index contributed by atoms with van der Waals surface area (Å²) in [7, 11) is -3.87. The van der Waals surface area contributed by atoms with E-state index in [2.05, 4.69) is 4.98 Å². The first-order valence-electron chi connectivity index (χ1n) is 6.04. The van der Waals surface area contributed by atoms with Gasteiger partial charge in [0.2, 0.25) is 0 Å². The number of rotatable bonds is 5. The minimum Gasteiger partial charge on any atom is -0.384 e. The molecule has 0 radical (unpaired) electrons. The summed E-state index contributed by atoms with van der Waals surface area (Å²) in [6.45, 7) is 1.50. The zero-order valence-electron chi connectivity index (χ0n) is 10.9. The lowest BCUT2D eigenvalue weighted by atomic mass is 10.2. The molecule has 0 bridgehead atoms. The Balaban J connectivity index is 2.04. The Morgan fingerprint density at radius 1 is 1.20 bits per heavy atom. The minimum atomic E-state index is -3.87. The highest BCUT2D eigenvalue weighted by Gasteiger charge is 2.18. The molecule has 1 aromatic carbocycles. The van der Waals surface area contributed by atoms with Crippen LogP contribution < -0.4 is 0 Å².